The van der Waals surface area contributed by atoms with Crippen LogP contribution in [-0.4, -0.2) is 29.1 Å². The van der Waals surface area contributed by atoms with Crippen LogP contribution in [0.4, 0.5) is 23.0 Å². The van der Waals surface area contributed by atoms with Gasteiger partial charge in [0.25, 0.3) is 0 Å². The molecule has 0 aliphatic carbocycles. The minimum Gasteiger partial charge on any atom is -0.462 e. The fraction of sp³-hybridized carbons (Fsp3) is 0.227. The molecular weight excluding hydrogens is 352 g/mol. The van der Waals surface area contributed by atoms with Gasteiger partial charge in [0.1, 0.15) is 17.5 Å². The Kier molecular flexibility index (Phi) is 6.22. The van der Waals surface area contributed by atoms with Gasteiger partial charge >= 0.3 is 5.97 Å². The van der Waals surface area contributed by atoms with Crippen LogP contribution in [0.5, 0.6) is 0 Å². The SMILES string of the molecule is CCOC(=O)c1ccc(Nc2cc(N(CC)c3ccccc3)nc(C)n2)cc1. The van der Waals surface area contributed by atoms with E-state index in [9.17, 15) is 4.79 Å². The van der Waals surface area contributed by atoms with Gasteiger partial charge in [-0.15, -0.1) is 0 Å². The minimum absolute atomic E-state index is 0.323. The Balaban J connectivity index is 1.82. The number of carbonyl (C=O) groups excluding carboxylic acids is 1. The first-order valence-corrected chi connectivity index (χ1v) is 9.33. The lowest BCUT2D eigenvalue weighted by Gasteiger charge is -2.23. The number of hydrogen-bond acceptors (Lipinski definition) is 6. The van der Waals surface area contributed by atoms with Gasteiger partial charge in [0, 0.05) is 24.0 Å². The van der Waals surface area contributed by atoms with Crippen LogP contribution in [0.25, 0.3) is 0 Å². The lowest BCUT2D eigenvalue weighted by atomic mass is 10.2. The molecule has 0 amide bonds. The van der Waals surface area contributed by atoms with E-state index in [1.165, 1.54) is 0 Å². The minimum atomic E-state index is -0.323. The summed E-state index contributed by atoms with van der Waals surface area (Å²) in [5.74, 6) is 1.88. The predicted octanol–water partition coefficient (Wildman–Crippen LogP) is 4.86. The van der Waals surface area contributed by atoms with Crippen molar-refractivity contribution in [1.82, 2.24) is 9.97 Å². The molecule has 3 aromatic rings. The maximum Gasteiger partial charge on any atom is 0.338 e. The van der Waals surface area contributed by atoms with Crippen LogP contribution in [0.1, 0.15) is 30.0 Å². The summed E-state index contributed by atoms with van der Waals surface area (Å²) < 4.78 is 5.01. The molecule has 3 rings (SSSR count). The molecule has 144 valence electrons. The number of aromatic nitrogens is 2. The molecule has 1 aromatic heterocycles. The maximum absolute atomic E-state index is 11.8. The van der Waals surface area contributed by atoms with Crippen LogP contribution in [0, 0.1) is 6.92 Å². The Morgan fingerprint density at radius 1 is 1.04 bits per heavy atom. The highest BCUT2D eigenvalue weighted by Crippen LogP contribution is 2.26. The molecule has 6 nitrogen and oxygen atoms in total. The van der Waals surface area contributed by atoms with Gasteiger partial charge in [-0.1, -0.05) is 18.2 Å². The molecule has 0 saturated carbocycles. The Bertz CT molecular complexity index is 927. The van der Waals surface area contributed by atoms with E-state index < -0.39 is 0 Å². The van der Waals surface area contributed by atoms with Crippen molar-refractivity contribution >= 4 is 29.0 Å². The molecule has 6 heteroatoms. The third kappa shape index (κ3) is 4.65. The second kappa shape index (κ2) is 8.99. The summed E-state index contributed by atoms with van der Waals surface area (Å²) in [4.78, 5) is 23.0. The Morgan fingerprint density at radius 3 is 2.39 bits per heavy atom. The second-order valence-electron chi connectivity index (χ2n) is 6.16. The molecule has 28 heavy (non-hydrogen) atoms. The quantitative estimate of drug-likeness (QED) is 0.594. The predicted molar refractivity (Wildman–Crippen MR) is 112 cm³/mol. The summed E-state index contributed by atoms with van der Waals surface area (Å²) in [6.45, 7) is 6.90. The molecule has 0 aliphatic heterocycles. The van der Waals surface area contributed by atoms with Gasteiger partial charge < -0.3 is 15.0 Å². The van der Waals surface area contributed by atoms with Gasteiger partial charge in [-0.2, -0.15) is 0 Å². The van der Waals surface area contributed by atoms with Gasteiger partial charge in [0.15, 0.2) is 0 Å². The monoisotopic (exact) mass is 376 g/mol. The fourth-order valence-electron chi connectivity index (χ4n) is 2.89. The van der Waals surface area contributed by atoms with Crippen molar-refractivity contribution in [3.8, 4) is 0 Å². The van der Waals surface area contributed by atoms with Gasteiger partial charge in [-0.3, -0.25) is 0 Å². The first kappa shape index (κ1) is 19.4. The van der Waals surface area contributed by atoms with Gasteiger partial charge in [0.2, 0.25) is 0 Å². The molecule has 1 heterocycles. The molecule has 2 aromatic carbocycles. The first-order valence-electron chi connectivity index (χ1n) is 9.33. The molecule has 1 N–H and O–H groups in total. The number of ether oxygens (including phenoxy) is 1. The number of aryl methyl sites for hydroxylation is 1. The zero-order valence-corrected chi connectivity index (χ0v) is 16.3. The summed E-state index contributed by atoms with van der Waals surface area (Å²) in [6.07, 6.45) is 0. The van der Waals surface area contributed by atoms with E-state index in [1.54, 1.807) is 19.1 Å². The molecule has 0 saturated heterocycles. The summed E-state index contributed by atoms with van der Waals surface area (Å²) in [6, 6.07) is 19.2. The van der Waals surface area contributed by atoms with E-state index in [0.717, 1.165) is 23.7 Å². The number of rotatable bonds is 7. The number of anilines is 4. The maximum atomic E-state index is 11.8. The number of nitrogens with one attached hydrogen (secondary N) is 1. The molecular formula is C22H24N4O2. The highest BCUT2D eigenvalue weighted by atomic mass is 16.5. The van der Waals surface area contributed by atoms with Crippen molar-refractivity contribution in [3.63, 3.8) is 0 Å². The van der Waals surface area contributed by atoms with Crippen molar-refractivity contribution < 1.29 is 9.53 Å². The number of para-hydroxylation sites is 1. The Morgan fingerprint density at radius 2 is 1.75 bits per heavy atom. The third-order valence-electron chi connectivity index (χ3n) is 4.15. The molecule has 0 aliphatic rings. The second-order valence-corrected chi connectivity index (χ2v) is 6.16. The van der Waals surface area contributed by atoms with E-state index >= 15 is 0 Å². The molecule has 0 bridgehead atoms. The van der Waals surface area contributed by atoms with Crippen LogP contribution < -0.4 is 10.2 Å². The van der Waals surface area contributed by atoms with Crippen LogP contribution >= 0.6 is 0 Å². The van der Waals surface area contributed by atoms with Crippen molar-refractivity contribution in [2.45, 2.75) is 20.8 Å². The van der Waals surface area contributed by atoms with Crippen molar-refractivity contribution in [1.29, 1.82) is 0 Å². The highest BCUT2D eigenvalue weighted by molar-refractivity contribution is 5.89. The van der Waals surface area contributed by atoms with Crippen molar-refractivity contribution in [2.24, 2.45) is 0 Å². The van der Waals surface area contributed by atoms with Crippen molar-refractivity contribution in [3.05, 3.63) is 72.1 Å². The number of nitrogens with zero attached hydrogens (tertiary/aromatic N) is 3. The van der Waals surface area contributed by atoms with Crippen molar-refractivity contribution in [2.75, 3.05) is 23.4 Å². The topological polar surface area (TPSA) is 67.3 Å². The standard InChI is InChI=1S/C22H24N4O2/c1-4-26(19-9-7-6-8-10-19)21-15-20(23-16(3)24-21)25-18-13-11-17(12-14-18)22(27)28-5-2/h6-15H,4-5H2,1-3H3,(H,23,24,25). The summed E-state index contributed by atoms with van der Waals surface area (Å²) >= 11 is 0. The Labute approximate surface area is 165 Å². The van der Waals surface area contributed by atoms with E-state index in [1.807, 2.05) is 43.3 Å². The van der Waals surface area contributed by atoms with Gasteiger partial charge in [0.05, 0.1) is 12.2 Å². The highest BCUT2D eigenvalue weighted by Gasteiger charge is 2.12. The average molecular weight is 376 g/mol. The van der Waals surface area contributed by atoms with Crippen LogP contribution in [-0.2, 0) is 4.74 Å². The van der Waals surface area contributed by atoms with Crippen LogP contribution in [0.2, 0.25) is 0 Å². The lowest BCUT2D eigenvalue weighted by Crippen LogP contribution is -2.18. The molecule has 0 unspecified atom stereocenters. The molecule has 0 spiro atoms. The normalized spacial score (nSPS) is 10.4. The average Bonchev–Trinajstić information content (AvgIpc) is 2.70. The smallest absolute Gasteiger partial charge is 0.338 e. The fourth-order valence-corrected chi connectivity index (χ4v) is 2.89. The first-order chi connectivity index (χ1) is 13.6. The Hall–Kier alpha value is -3.41. The summed E-state index contributed by atoms with van der Waals surface area (Å²) in [5.41, 5.74) is 2.43. The lowest BCUT2D eigenvalue weighted by molar-refractivity contribution is 0.0526. The zero-order valence-electron chi connectivity index (χ0n) is 16.3. The van der Waals surface area contributed by atoms with E-state index in [-0.39, 0.29) is 5.97 Å². The van der Waals surface area contributed by atoms with E-state index in [0.29, 0.717) is 23.8 Å². The van der Waals surface area contributed by atoms with E-state index in [4.69, 9.17) is 4.74 Å². The number of esters is 1. The summed E-state index contributed by atoms with van der Waals surface area (Å²) in [7, 11) is 0. The number of hydrogen-bond donors (Lipinski definition) is 1. The van der Waals surface area contributed by atoms with Gasteiger partial charge in [-0.05, 0) is 57.2 Å². The zero-order chi connectivity index (χ0) is 19.9. The van der Waals surface area contributed by atoms with Crippen LogP contribution in [0.15, 0.2) is 60.7 Å². The molecule has 0 atom stereocenters. The molecule has 0 radical (unpaired) electrons. The molecule has 0 fully saturated rings. The number of carbonyl (C=O) groups is 1. The third-order valence-corrected chi connectivity index (χ3v) is 4.15. The number of benzene rings is 2. The van der Waals surface area contributed by atoms with Gasteiger partial charge in [-0.25, -0.2) is 14.8 Å². The van der Waals surface area contributed by atoms with Crippen LogP contribution in [0.3, 0.4) is 0 Å². The largest absolute Gasteiger partial charge is 0.462 e. The summed E-state index contributed by atoms with van der Waals surface area (Å²) in [5, 5.41) is 3.28. The van der Waals surface area contributed by atoms with E-state index in [2.05, 4.69) is 39.2 Å².